The van der Waals surface area contributed by atoms with Crippen molar-refractivity contribution in [2.24, 2.45) is 0 Å². The van der Waals surface area contributed by atoms with Crippen molar-refractivity contribution in [1.29, 1.82) is 0 Å². The minimum absolute atomic E-state index is 0.0516. The number of carbonyl (C=O) groups excluding carboxylic acids is 1. The Morgan fingerprint density at radius 2 is 1.85 bits per heavy atom. The van der Waals surface area contributed by atoms with Gasteiger partial charge in [0.15, 0.2) is 0 Å². The fourth-order valence-corrected chi connectivity index (χ4v) is 1.68. The molecule has 0 aliphatic carbocycles. The molecule has 1 aromatic rings. The standard InChI is InChI=1S/C14H20N2O4/c1-3-16(10-14(18)19)9-13(17)15-11-5-7-12(8-6-11)20-4-2/h5-8H,3-4,9-10H2,1-2H3,(H,15,17)(H,18,19). The van der Waals surface area contributed by atoms with Crippen molar-refractivity contribution in [2.75, 3.05) is 31.6 Å². The predicted octanol–water partition coefficient (Wildman–Crippen LogP) is 1.43. The quantitative estimate of drug-likeness (QED) is 0.753. The third kappa shape index (κ3) is 5.71. The number of benzene rings is 1. The van der Waals surface area contributed by atoms with E-state index in [2.05, 4.69) is 5.32 Å². The molecule has 0 unspecified atom stereocenters. The molecule has 0 fully saturated rings. The van der Waals surface area contributed by atoms with Gasteiger partial charge in [0.1, 0.15) is 5.75 Å². The molecular weight excluding hydrogens is 260 g/mol. The summed E-state index contributed by atoms with van der Waals surface area (Å²) >= 11 is 0. The van der Waals surface area contributed by atoms with Crippen LogP contribution in [0.25, 0.3) is 0 Å². The molecule has 0 aliphatic rings. The van der Waals surface area contributed by atoms with Crippen molar-refractivity contribution in [3.63, 3.8) is 0 Å². The molecule has 6 heteroatoms. The number of carboxylic acids is 1. The fraction of sp³-hybridized carbons (Fsp3) is 0.429. The van der Waals surface area contributed by atoms with Crippen molar-refractivity contribution in [3.8, 4) is 5.75 Å². The van der Waals surface area contributed by atoms with Gasteiger partial charge < -0.3 is 15.2 Å². The van der Waals surface area contributed by atoms with Crippen LogP contribution in [0.1, 0.15) is 13.8 Å². The van der Waals surface area contributed by atoms with Crippen LogP contribution in [0.4, 0.5) is 5.69 Å². The molecule has 6 nitrogen and oxygen atoms in total. The second-order valence-electron chi connectivity index (χ2n) is 4.20. The summed E-state index contributed by atoms with van der Waals surface area (Å²) in [6.07, 6.45) is 0. The molecular formula is C14H20N2O4. The van der Waals surface area contributed by atoms with Crippen LogP contribution < -0.4 is 10.1 Å². The van der Waals surface area contributed by atoms with Gasteiger partial charge in [0.25, 0.3) is 0 Å². The highest BCUT2D eigenvalue weighted by Crippen LogP contribution is 2.15. The fourth-order valence-electron chi connectivity index (χ4n) is 1.68. The van der Waals surface area contributed by atoms with E-state index in [-0.39, 0.29) is 19.0 Å². The van der Waals surface area contributed by atoms with Gasteiger partial charge in [-0.05, 0) is 37.7 Å². The molecule has 110 valence electrons. The first-order valence-electron chi connectivity index (χ1n) is 6.52. The normalized spacial score (nSPS) is 10.3. The van der Waals surface area contributed by atoms with E-state index in [9.17, 15) is 9.59 Å². The second-order valence-corrected chi connectivity index (χ2v) is 4.20. The van der Waals surface area contributed by atoms with Crippen molar-refractivity contribution < 1.29 is 19.4 Å². The number of rotatable bonds is 8. The van der Waals surface area contributed by atoms with Crippen LogP contribution in [-0.2, 0) is 9.59 Å². The number of nitrogens with zero attached hydrogens (tertiary/aromatic N) is 1. The molecule has 20 heavy (non-hydrogen) atoms. The maximum absolute atomic E-state index is 11.8. The van der Waals surface area contributed by atoms with Gasteiger partial charge in [0.2, 0.25) is 5.91 Å². The summed E-state index contributed by atoms with van der Waals surface area (Å²) in [7, 11) is 0. The first-order chi connectivity index (χ1) is 9.55. The van der Waals surface area contributed by atoms with Crippen LogP contribution >= 0.6 is 0 Å². The number of carboxylic acid groups (broad SMARTS) is 1. The summed E-state index contributed by atoms with van der Waals surface area (Å²) in [5, 5.41) is 11.4. The molecule has 0 spiro atoms. The third-order valence-electron chi connectivity index (χ3n) is 2.62. The SMILES string of the molecule is CCOc1ccc(NC(=O)CN(CC)CC(=O)O)cc1. The lowest BCUT2D eigenvalue weighted by Gasteiger charge is -2.17. The Balaban J connectivity index is 2.50. The highest BCUT2D eigenvalue weighted by Gasteiger charge is 2.12. The van der Waals surface area contributed by atoms with Crippen molar-refractivity contribution in [3.05, 3.63) is 24.3 Å². The number of nitrogens with one attached hydrogen (secondary N) is 1. The number of ether oxygens (including phenoxy) is 1. The topological polar surface area (TPSA) is 78.9 Å². The first kappa shape index (κ1) is 16.0. The number of hydrogen-bond acceptors (Lipinski definition) is 4. The molecule has 1 rings (SSSR count). The van der Waals surface area contributed by atoms with Gasteiger partial charge in [-0.2, -0.15) is 0 Å². The van der Waals surface area contributed by atoms with Gasteiger partial charge in [0.05, 0.1) is 19.7 Å². The zero-order chi connectivity index (χ0) is 15.0. The molecule has 0 radical (unpaired) electrons. The molecule has 2 N–H and O–H groups in total. The van der Waals surface area contributed by atoms with Gasteiger partial charge in [-0.25, -0.2) is 0 Å². The molecule has 0 saturated heterocycles. The molecule has 0 saturated carbocycles. The number of likely N-dealkylation sites (N-methyl/N-ethyl adjacent to an activating group) is 1. The van der Waals surface area contributed by atoms with E-state index in [0.29, 0.717) is 18.8 Å². The highest BCUT2D eigenvalue weighted by atomic mass is 16.5. The van der Waals surface area contributed by atoms with E-state index in [4.69, 9.17) is 9.84 Å². The lowest BCUT2D eigenvalue weighted by atomic mass is 10.3. The Labute approximate surface area is 118 Å². The summed E-state index contributed by atoms with van der Waals surface area (Å²) < 4.78 is 5.31. The Bertz CT molecular complexity index is 445. The molecule has 1 aromatic carbocycles. The maximum Gasteiger partial charge on any atom is 0.317 e. The van der Waals surface area contributed by atoms with Crippen LogP contribution in [0.15, 0.2) is 24.3 Å². The minimum Gasteiger partial charge on any atom is -0.494 e. The largest absolute Gasteiger partial charge is 0.494 e. The average molecular weight is 280 g/mol. The van der Waals surface area contributed by atoms with Crippen molar-refractivity contribution >= 4 is 17.6 Å². The zero-order valence-corrected chi connectivity index (χ0v) is 11.8. The number of aliphatic carboxylic acids is 1. The second kappa shape index (κ2) is 8.16. The van der Waals surface area contributed by atoms with Crippen molar-refractivity contribution in [1.82, 2.24) is 4.90 Å². The summed E-state index contributed by atoms with van der Waals surface area (Å²) in [6.45, 7) is 4.71. The molecule has 0 aliphatic heterocycles. The number of carbonyl (C=O) groups is 2. The first-order valence-corrected chi connectivity index (χ1v) is 6.52. The third-order valence-corrected chi connectivity index (χ3v) is 2.62. The number of amides is 1. The monoisotopic (exact) mass is 280 g/mol. The molecule has 0 aromatic heterocycles. The van der Waals surface area contributed by atoms with Gasteiger partial charge >= 0.3 is 5.97 Å². The predicted molar refractivity (Wildman–Crippen MR) is 76.0 cm³/mol. The summed E-state index contributed by atoms with van der Waals surface area (Å²) in [6, 6.07) is 7.04. The number of anilines is 1. The Kier molecular flexibility index (Phi) is 6.52. The highest BCUT2D eigenvalue weighted by molar-refractivity contribution is 5.92. The summed E-state index contributed by atoms with van der Waals surface area (Å²) in [5.74, 6) is -0.440. The van der Waals surface area contributed by atoms with E-state index in [1.807, 2.05) is 13.8 Å². The Morgan fingerprint density at radius 1 is 1.20 bits per heavy atom. The van der Waals surface area contributed by atoms with E-state index in [1.165, 1.54) is 0 Å². The average Bonchev–Trinajstić information content (AvgIpc) is 2.40. The van der Waals surface area contributed by atoms with E-state index in [1.54, 1.807) is 29.2 Å². The Morgan fingerprint density at radius 3 is 2.35 bits per heavy atom. The van der Waals surface area contributed by atoms with Crippen LogP contribution in [0.3, 0.4) is 0 Å². The van der Waals surface area contributed by atoms with Gasteiger partial charge in [-0.1, -0.05) is 6.92 Å². The van der Waals surface area contributed by atoms with Gasteiger partial charge in [0, 0.05) is 5.69 Å². The lowest BCUT2D eigenvalue weighted by Crippen LogP contribution is -2.36. The molecule has 0 atom stereocenters. The molecule has 0 heterocycles. The maximum atomic E-state index is 11.8. The molecule has 1 amide bonds. The molecule has 0 bridgehead atoms. The smallest absolute Gasteiger partial charge is 0.317 e. The van der Waals surface area contributed by atoms with Gasteiger partial charge in [-0.3, -0.25) is 14.5 Å². The minimum atomic E-state index is -0.944. The van der Waals surface area contributed by atoms with Crippen LogP contribution in [0.2, 0.25) is 0 Å². The van der Waals surface area contributed by atoms with E-state index < -0.39 is 5.97 Å². The van der Waals surface area contributed by atoms with E-state index >= 15 is 0 Å². The van der Waals surface area contributed by atoms with Crippen molar-refractivity contribution in [2.45, 2.75) is 13.8 Å². The van der Waals surface area contributed by atoms with E-state index in [0.717, 1.165) is 5.75 Å². The summed E-state index contributed by atoms with van der Waals surface area (Å²) in [4.78, 5) is 24.0. The zero-order valence-electron chi connectivity index (χ0n) is 11.8. The van der Waals surface area contributed by atoms with Crippen LogP contribution in [0, 0.1) is 0 Å². The summed E-state index contributed by atoms with van der Waals surface area (Å²) in [5.41, 5.74) is 0.657. The van der Waals surface area contributed by atoms with Crippen LogP contribution in [0.5, 0.6) is 5.75 Å². The number of hydrogen-bond donors (Lipinski definition) is 2. The lowest BCUT2D eigenvalue weighted by molar-refractivity contribution is -0.138. The Hall–Kier alpha value is -2.08. The van der Waals surface area contributed by atoms with Gasteiger partial charge in [-0.15, -0.1) is 0 Å². The van der Waals surface area contributed by atoms with Crippen LogP contribution in [-0.4, -0.2) is 48.1 Å².